The Kier molecular flexibility index (Phi) is 6.95. The molecule has 0 saturated carbocycles. The van der Waals surface area contributed by atoms with Crippen LogP contribution >= 0.6 is 0 Å². The average Bonchev–Trinajstić information content (AvgIpc) is 2.36. The number of unbranched alkanes of at least 4 members (excludes halogenated alkanes) is 1. The van der Waals surface area contributed by atoms with E-state index in [4.69, 9.17) is 4.74 Å². The largest absolute Gasteiger partial charge is 0.416 e. The number of benzene rings is 1. The van der Waals surface area contributed by atoms with Crippen LogP contribution in [0.4, 0.5) is 17.6 Å². The summed E-state index contributed by atoms with van der Waals surface area (Å²) in [6.45, 7) is 3.92. The van der Waals surface area contributed by atoms with Crippen molar-refractivity contribution in [1.29, 1.82) is 0 Å². The minimum atomic E-state index is -4.53. The highest BCUT2D eigenvalue weighted by Crippen LogP contribution is 2.30. The molecule has 1 rings (SSSR count). The molecule has 2 nitrogen and oxygen atoms in total. The molecule has 0 aliphatic heterocycles. The molecule has 0 spiro atoms. The smallest absolute Gasteiger partial charge is 0.380 e. The molecule has 1 aromatic carbocycles. The van der Waals surface area contributed by atoms with Crippen LogP contribution in [0.25, 0.3) is 0 Å². The third-order valence-corrected chi connectivity index (χ3v) is 2.68. The molecule has 0 aromatic heterocycles. The molecule has 114 valence electrons. The molecule has 0 fully saturated rings. The van der Waals surface area contributed by atoms with Crippen molar-refractivity contribution < 1.29 is 22.3 Å². The topological polar surface area (TPSA) is 21.3 Å². The van der Waals surface area contributed by atoms with Crippen LogP contribution in [0.15, 0.2) is 18.2 Å². The van der Waals surface area contributed by atoms with E-state index < -0.39 is 17.6 Å². The Morgan fingerprint density at radius 1 is 1.15 bits per heavy atom. The lowest BCUT2D eigenvalue weighted by atomic mass is 10.1. The van der Waals surface area contributed by atoms with E-state index in [1.807, 2.05) is 0 Å². The Hall–Kier alpha value is -1.14. The van der Waals surface area contributed by atoms with E-state index in [0.29, 0.717) is 25.8 Å². The van der Waals surface area contributed by atoms with Gasteiger partial charge in [-0.25, -0.2) is 4.39 Å². The van der Waals surface area contributed by atoms with Crippen LogP contribution in [0.3, 0.4) is 0 Å². The highest BCUT2D eigenvalue weighted by molar-refractivity contribution is 5.26. The maximum atomic E-state index is 13.1. The Balaban J connectivity index is 2.39. The molecule has 0 amide bonds. The lowest BCUT2D eigenvalue weighted by Gasteiger charge is -2.10. The zero-order valence-corrected chi connectivity index (χ0v) is 11.4. The van der Waals surface area contributed by atoms with E-state index >= 15 is 0 Å². The molecule has 0 aliphatic rings. The SMILES string of the molecule is CCCCOCCNCc1cc(F)cc(C(F)(F)F)c1. The predicted octanol–water partition coefficient (Wildman–Crippen LogP) is 3.75. The molecular formula is C14H19F4NO. The summed E-state index contributed by atoms with van der Waals surface area (Å²) in [5.41, 5.74) is -0.695. The molecule has 0 saturated heterocycles. The number of alkyl halides is 3. The van der Waals surface area contributed by atoms with E-state index in [2.05, 4.69) is 12.2 Å². The fourth-order valence-electron chi connectivity index (χ4n) is 1.64. The van der Waals surface area contributed by atoms with Crippen LogP contribution in [-0.2, 0) is 17.5 Å². The normalized spacial score (nSPS) is 11.8. The molecule has 0 aliphatic carbocycles. The molecule has 1 aromatic rings. The molecule has 6 heteroatoms. The van der Waals surface area contributed by atoms with Gasteiger partial charge in [0.1, 0.15) is 5.82 Å². The standard InChI is InChI=1S/C14H19F4NO/c1-2-3-5-20-6-4-19-10-11-7-12(14(16,17)18)9-13(15)8-11/h7-9,19H,2-6,10H2,1H3. The summed E-state index contributed by atoms with van der Waals surface area (Å²) >= 11 is 0. The van der Waals surface area contributed by atoms with Crippen molar-refractivity contribution in [2.24, 2.45) is 0 Å². The maximum Gasteiger partial charge on any atom is 0.416 e. The van der Waals surface area contributed by atoms with Gasteiger partial charge < -0.3 is 10.1 Å². The number of nitrogens with one attached hydrogen (secondary N) is 1. The van der Waals surface area contributed by atoms with Gasteiger partial charge in [-0.1, -0.05) is 13.3 Å². The Labute approximate surface area is 116 Å². The highest BCUT2D eigenvalue weighted by Gasteiger charge is 2.31. The van der Waals surface area contributed by atoms with Crippen molar-refractivity contribution in [1.82, 2.24) is 5.32 Å². The Morgan fingerprint density at radius 3 is 2.55 bits per heavy atom. The summed E-state index contributed by atoms with van der Waals surface area (Å²) in [7, 11) is 0. The number of hydrogen-bond donors (Lipinski definition) is 1. The van der Waals surface area contributed by atoms with Gasteiger partial charge in [0.2, 0.25) is 0 Å². The van der Waals surface area contributed by atoms with E-state index in [9.17, 15) is 17.6 Å². The highest BCUT2D eigenvalue weighted by atomic mass is 19.4. The second-order valence-corrected chi connectivity index (χ2v) is 4.49. The first-order valence-electron chi connectivity index (χ1n) is 6.58. The lowest BCUT2D eigenvalue weighted by molar-refractivity contribution is -0.137. The monoisotopic (exact) mass is 293 g/mol. The Bertz CT molecular complexity index is 407. The molecular weight excluding hydrogens is 274 g/mol. The van der Waals surface area contributed by atoms with Crippen LogP contribution in [-0.4, -0.2) is 19.8 Å². The average molecular weight is 293 g/mol. The number of hydrogen-bond acceptors (Lipinski definition) is 2. The van der Waals surface area contributed by atoms with Crippen molar-refractivity contribution >= 4 is 0 Å². The summed E-state index contributed by atoms with van der Waals surface area (Å²) in [6.07, 6.45) is -2.49. The van der Waals surface area contributed by atoms with Crippen LogP contribution in [0.1, 0.15) is 30.9 Å². The third kappa shape index (κ3) is 6.34. The van der Waals surface area contributed by atoms with Crippen molar-refractivity contribution in [3.8, 4) is 0 Å². The fourth-order valence-corrected chi connectivity index (χ4v) is 1.64. The molecule has 0 radical (unpaired) electrons. The minimum absolute atomic E-state index is 0.179. The van der Waals surface area contributed by atoms with Crippen molar-refractivity contribution in [2.75, 3.05) is 19.8 Å². The first-order valence-corrected chi connectivity index (χ1v) is 6.58. The summed E-state index contributed by atoms with van der Waals surface area (Å²) in [5, 5.41) is 2.93. The van der Waals surface area contributed by atoms with Gasteiger partial charge in [-0.2, -0.15) is 13.2 Å². The molecule has 0 unspecified atom stereocenters. The molecule has 1 N–H and O–H groups in total. The summed E-state index contributed by atoms with van der Waals surface area (Å²) < 4.78 is 55.9. The zero-order chi connectivity index (χ0) is 15.0. The lowest BCUT2D eigenvalue weighted by Crippen LogP contribution is -2.20. The van der Waals surface area contributed by atoms with Crippen molar-refractivity contribution in [3.05, 3.63) is 35.1 Å². The van der Waals surface area contributed by atoms with E-state index in [1.165, 1.54) is 0 Å². The van der Waals surface area contributed by atoms with E-state index in [0.717, 1.165) is 25.0 Å². The van der Waals surface area contributed by atoms with Gasteiger partial charge in [-0.05, 0) is 30.2 Å². The minimum Gasteiger partial charge on any atom is -0.380 e. The van der Waals surface area contributed by atoms with Gasteiger partial charge in [0.15, 0.2) is 0 Å². The number of halogens is 4. The van der Waals surface area contributed by atoms with Crippen molar-refractivity contribution in [3.63, 3.8) is 0 Å². The summed E-state index contributed by atoms with van der Waals surface area (Å²) in [4.78, 5) is 0. The van der Waals surface area contributed by atoms with Crippen molar-refractivity contribution in [2.45, 2.75) is 32.5 Å². The van der Waals surface area contributed by atoms with Gasteiger partial charge in [0, 0.05) is 19.7 Å². The fraction of sp³-hybridized carbons (Fsp3) is 0.571. The van der Waals surface area contributed by atoms with Crippen LogP contribution in [0, 0.1) is 5.82 Å². The van der Waals surface area contributed by atoms with Gasteiger partial charge in [0.05, 0.1) is 12.2 Å². The molecule has 0 bridgehead atoms. The summed E-state index contributed by atoms with van der Waals surface area (Å²) in [5.74, 6) is -0.879. The zero-order valence-electron chi connectivity index (χ0n) is 11.4. The van der Waals surface area contributed by atoms with Gasteiger partial charge in [-0.15, -0.1) is 0 Å². The summed E-state index contributed by atoms with van der Waals surface area (Å²) in [6, 6.07) is 2.55. The van der Waals surface area contributed by atoms with Gasteiger partial charge >= 0.3 is 6.18 Å². The first kappa shape index (κ1) is 16.9. The number of ether oxygens (including phenoxy) is 1. The molecule has 20 heavy (non-hydrogen) atoms. The molecule has 0 heterocycles. The second-order valence-electron chi connectivity index (χ2n) is 4.49. The second kappa shape index (κ2) is 8.21. The van der Waals surface area contributed by atoms with Crippen LogP contribution in [0.2, 0.25) is 0 Å². The van der Waals surface area contributed by atoms with E-state index in [1.54, 1.807) is 0 Å². The predicted molar refractivity (Wildman–Crippen MR) is 68.8 cm³/mol. The maximum absolute atomic E-state index is 13.1. The van der Waals surface area contributed by atoms with Gasteiger partial charge in [-0.3, -0.25) is 0 Å². The third-order valence-electron chi connectivity index (χ3n) is 2.68. The quantitative estimate of drug-likeness (QED) is 0.582. The number of rotatable bonds is 8. The van der Waals surface area contributed by atoms with Crippen LogP contribution in [0.5, 0.6) is 0 Å². The van der Waals surface area contributed by atoms with E-state index in [-0.39, 0.29) is 12.1 Å². The van der Waals surface area contributed by atoms with Gasteiger partial charge in [0.25, 0.3) is 0 Å². The Morgan fingerprint density at radius 2 is 1.90 bits per heavy atom. The first-order chi connectivity index (χ1) is 9.43. The molecule has 0 atom stereocenters. The van der Waals surface area contributed by atoms with Crippen LogP contribution < -0.4 is 5.32 Å².